The van der Waals surface area contributed by atoms with E-state index in [2.05, 4.69) is 94.7 Å². The second kappa shape index (κ2) is 14.1. The summed E-state index contributed by atoms with van der Waals surface area (Å²) in [6.07, 6.45) is 2.80. The molecule has 8 nitrogen and oxygen atoms in total. The number of benzene rings is 5. The van der Waals surface area contributed by atoms with Gasteiger partial charge in [-0.25, -0.2) is 12.8 Å². The van der Waals surface area contributed by atoms with E-state index in [0.717, 1.165) is 53.6 Å². The average Bonchev–Trinajstić information content (AvgIpc) is 3.82. The van der Waals surface area contributed by atoms with Crippen molar-refractivity contribution in [2.24, 2.45) is 5.92 Å². The fourth-order valence-corrected chi connectivity index (χ4v) is 10.0. The molecular weight excluding hydrogens is 706 g/mol. The Labute approximate surface area is 316 Å². The molecule has 0 saturated carbocycles. The molecule has 0 unspecified atom stereocenters. The van der Waals surface area contributed by atoms with Crippen molar-refractivity contribution in [1.29, 1.82) is 0 Å². The van der Waals surface area contributed by atoms with Gasteiger partial charge >= 0.3 is 17.1 Å². The molecule has 6 aromatic rings. The van der Waals surface area contributed by atoms with Gasteiger partial charge in [0.1, 0.15) is 0 Å². The van der Waals surface area contributed by atoms with E-state index in [9.17, 15) is 13.2 Å². The van der Waals surface area contributed by atoms with Crippen LogP contribution in [-0.2, 0) is 32.4 Å². The zero-order chi connectivity index (χ0) is 35.4. The van der Waals surface area contributed by atoms with Gasteiger partial charge in [-0.3, -0.25) is 4.79 Å². The highest BCUT2D eigenvalue weighted by atomic mass is 35.5. The van der Waals surface area contributed by atoms with Crippen LogP contribution in [0, 0.1) is 5.92 Å². The summed E-state index contributed by atoms with van der Waals surface area (Å²) in [5.41, 5.74) is 9.90. The number of carbonyl (C=O) groups is 1. The van der Waals surface area contributed by atoms with Crippen molar-refractivity contribution in [3.8, 4) is 11.1 Å². The molecule has 5 aromatic carbocycles. The third-order valence-corrected chi connectivity index (χ3v) is 12.9. The molecule has 4 heterocycles. The number of fused-ring (bicyclic) bond motifs is 4. The second-order valence-corrected chi connectivity index (χ2v) is 15.7. The fourth-order valence-electron chi connectivity index (χ4n) is 8.34. The number of ether oxygens (including phenoxy) is 1. The number of rotatable bonds is 7. The molecule has 1 saturated heterocycles. The number of halogens is 1. The Balaban J connectivity index is 0.00000400. The molecule has 0 bridgehead atoms. The maximum Gasteiger partial charge on any atom is 0.363 e. The van der Waals surface area contributed by atoms with Gasteiger partial charge in [0, 0.05) is 48.7 Å². The lowest BCUT2D eigenvalue weighted by Crippen LogP contribution is -3.00. The van der Waals surface area contributed by atoms with Crippen LogP contribution in [-0.4, -0.2) is 51.5 Å². The van der Waals surface area contributed by atoms with Crippen molar-refractivity contribution < 1.29 is 34.8 Å². The molecule has 0 radical (unpaired) electrons. The third kappa shape index (κ3) is 6.10. The van der Waals surface area contributed by atoms with Crippen LogP contribution in [0.2, 0.25) is 0 Å². The summed E-state index contributed by atoms with van der Waals surface area (Å²) in [5, 5.41) is 1.68. The molecular formula is C43H40ClN3O5S. The average molecular weight is 746 g/mol. The molecule has 0 aliphatic carbocycles. The van der Waals surface area contributed by atoms with E-state index in [0.29, 0.717) is 36.2 Å². The number of sulfonamides is 1. The number of nitrogens with zero attached hydrogens (tertiary/aromatic N) is 3. The van der Waals surface area contributed by atoms with Crippen LogP contribution in [0.4, 0.5) is 22.7 Å². The first kappa shape index (κ1) is 35.1. The molecule has 0 atom stereocenters. The van der Waals surface area contributed by atoms with Crippen LogP contribution in [0.5, 0.6) is 0 Å². The first-order valence-electron chi connectivity index (χ1n) is 18.2. The van der Waals surface area contributed by atoms with Crippen LogP contribution in [0.1, 0.15) is 30.9 Å². The summed E-state index contributed by atoms with van der Waals surface area (Å²) >= 11 is 0. The van der Waals surface area contributed by atoms with E-state index in [1.807, 2.05) is 12.1 Å². The minimum absolute atomic E-state index is 0. The van der Waals surface area contributed by atoms with Gasteiger partial charge in [-0.1, -0.05) is 54.6 Å². The number of piperidine rings is 1. The summed E-state index contributed by atoms with van der Waals surface area (Å²) < 4.78 is 42.6. The van der Waals surface area contributed by atoms with Gasteiger partial charge in [0.05, 0.1) is 51.7 Å². The van der Waals surface area contributed by atoms with E-state index in [4.69, 9.17) is 9.15 Å². The minimum atomic E-state index is -3.91. The molecule has 0 amide bonds. The Kier molecular flexibility index (Phi) is 9.35. The summed E-state index contributed by atoms with van der Waals surface area (Å²) in [4.78, 5) is 17.3. The van der Waals surface area contributed by atoms with Crippen LogP contribution in [0.3, 0.4) is 0 Å². The smallest absolute Gasteiger partial charge is 0.363 e. The van der Waals surface area contributed by atoms with Gasteiger partial charge in [-0.15, -0.1) is 0 Å². The normalized spacial score (nSPS) is 16.1. The molecule has 1 aromatic heterocycles. The molecule has 9 rings (SSSR count). The van der Waals surface area contributed by atoms with E-state index >= 15 is 0 Å². The van der Waals surface area contributed by atoms with E-state index in [1.165, 1.54) is 26.8 Å². The lowest BCUT2D eigenvalue weighted by Gasteiger charge is -2.30. The summed E-state index contributed by atoms with van der Waals surface area (Å²) in [6.45, 7) is 4.36. The van der Waals surface area contributed by atoms with Gasteiger partial charge in [0.25, 0.3) is 0 Å². The molecule has 53 heavy (non-hydrogen) atoms. The zero-order valence-electron chi connectivity index (χ0n) is 29.5. The molecule has 0 spiro atoms. The lowest BCUT2D eigenvalue weighted by molar-refractivity contribution is -0.149. The number of esters is 1. The Morgan fingerprint density at radius 2 is 1.25 bits per heavy atom. The first-order chi connectivity index (χ1) is 25.4. The van der Waals surface area contributed by atoms with Gasteiger partial charge in [0.15, 0.2) is 0 Å². The monoisotopic (exact) mass is 745 g/mol. The highest BCUT2D eigenvalue weighted by molar-refractivity contribution is 7.89. The van der Waals surface area contributed by atoms with Crippen LogP contribution in [0.15, 0.2) is 119 Å². The molecule has 3 aliphatic heterocycles. The van der Waals surface area contributed by atoms with Crippen molar-refractivity contribution in [2.45, 2.75) is 37.5 Å². The Morgan fingerprint density at radius 3 is 1.81 bits per heavy atom. The fraction of sp³-hybridized carbons (Fsp3) is 0.256. The van der Waals surface area contributed by atoms with Gasteiger partial charge < -0.3 is 26.9 Å². The maximum atomic E-state index is 14.5. The van der Waals surface area contributed by atoms with Crippen molar-refractivity contribution in [3.05, 3.63) is 120 Å². The number of hydrogen-bond acceptors (Lipinski definition) is 6. The van der Waals surface area contributed by atoms with Gasteiger partial charge in [-0.2, -0.15) is 4.31 Å². The molecule has 3 aliphatic rings. The molecule has 1 fully saturated rings. The third-order valence-electron chi connectivity index (χ3n) is 10.9. The van der Waals surface area contributed by atoms with E-state index in [1.54, 1.807) is 19.1 Å². The zero-order valence-corrected chi connectivity index (χ0v) is 31.1. The quantitative estimate of drug-likeness (QED) is 0.115. The van der Waals surface area contributed by atoms with Crippen molar-refractivity contribution >= 4 is 60.7 Å². The van der Waals surface area contributed by atoms with Crippen LogP contribution >= 0.6 is 0 Å². The van der Waals surface area contributed by atoms with Crippen molar-refractivity contribution in [1.82, 2.24) is 4.31 Å². The Morgan fingerprint density at radius 1 is 0.717 bits per heavy atom. The van der Waals surface area contributed by atoms with E-state index < -0.39 is 10.0 Å². The van der Waals surface area contributed by atoms with Crippen molar-refractivity contribution in [3.63, 3.8) is 0 Å². The Hall–Kier alpha value is -4.96. The van der Waals surface area contributed by atoms with E-state index in [-0.39, 0.29) is 42.3 Å². The van der Waals surface area contributed by atoms with Crippen molar-refractivity contribution in [2.75, 3.05) is 42.6 Å². The molecule has 270 valence electrons. The maximum absolute atomic E-state index is 14.5. The SMILES string of the molecule is CCOC(=O)C1CCN(S(=O)(=O)c2ccccc2-c2c3ccc(N4CCc5ccccc54)cc3[o+]c3cc(N4CCc5ccccc54)ccc23)CC1.[Cl-]. The summed E-state index contributed by atoms with van der Waals surface area (Å²) in [6, 6.07) is 36.8. The number of para-hydroxylation sites is 2. The second-order valence-electron chi connectivity index (χ2n) is 13.8. The topological polar surface area (TPSA) is 81.5 Å². The number of carbonyl (C=O) groups excluding carboxylic acids is 1. The van der Waals surface area contributed by atoms with Gasteiger partial charge in [-0.05, 0) is 86.2 Å². The summed E-state index contributed by atoms with van der Waals surface area (Å²) in [7, 11) is -3.91. The predicted molar refractivity (Wildman–Crippen MR) is 206 cm³/mol. The van der Waals surface area contributed by atoms with Crippen LogP contribution < -0.4 is 22.2 Å². The lowest BCUT2D eigenvalue weighted by atomic mass is 9.96. The predicted octanol–water partition coefficient (Wildman–Crippen LogP) is 5.89. The molecule has 10 heteroatoms. The highest BCUT2D eigenvalue weighted by Gasteiger charge is 2.35. The highest BCUT2D eigenvalue weighted by Crippen LogP contribution is 2.45. The molecule has 0 N–H and O–H groups in total. The Bertz CT molecular complexity index is 2370. The van der Waals surface area contributed by atoms with Gasteiger partial charge in [0.2, 0.25) is 10.0 Å². The number of hydrogen-bond donors (Lipinski definition) is 0. The number of anilines is 4. The summed E-state index contributed by atoms with van der Waals surface area (Å²) in [5.74, 6) is -0.543. The first-order valence-corrected chi connectivity index (χ1v) is 19.7. The standard InChI is InChI=1S/C43H40N3O5S.ClH/c1-2-50-43(47)31-19-23-44(24-20-31)52(48,49)41-14-8-5-11-36(41)42-34-17-15-32(45-25-21-29-9-3-6-12-37(29)45)27-39(34)51-40-28-33(16-18-35(40)42)46-26-22-30-10-4-7-13-38(30)46;/h3-18,27-28,31H,2,19-26H2,1H3;1H/q+1;/p-1. The largest absolute Gasteiger partial charge is 1.00 e. The minimum Gasteiger partial charge on any atom is -1.00 e. The van der Waals surface area contributed by atoms with Crippen LogP contribution in [0.25, 0.3) is 33.1 Å².